The zero-order valence-electron chi connectivity index (χ0n) is 85.9. The summed E-state index contributed by atoms with van der Waals surface area (Å²) >= 11 is 0. The van der Waals surface area contributed by atoms with Gasteiger partial charge in [0.25, 0.3) is 0 Å². The average molecular weight is 1850 g/mol. The van der Waals surface area contributed by atoms with Gasteiger partial charge in [-0.3, -0.25) is 0 Å². The molecule has 0 aromatic carbocycles. The lowest BCUT2D eigenvalue weighted by molar-refractivity contribution is -0.372. The molecule has 0 spiro atoms. The van der Waals surface area contributed by atoms with Gasteiger partial charge in [0.15, 0.2) is 68.8 Å². The van der Waals surface area contributed by atoms with Gasteiger partial charge in [0.05, 0.1) is 85.5 Å². The van der Waals surface area contributed by atoms with Crippen LogP contribution < -0.4 is 0 Å². The van der Waals surface area contributed by atoms with Crippen LogP contribution in [0.25, 0.3) is 0 Å². The summed E-state index contributed by atoms with van der Waals surface area (Å²) in [5.74, 6) is -3.90. The summed E-state index contributed by atoms with van der Waals surface area (Å²) in [4.78, 5) is 11.9. The molecule has 0 aliphatic carbocycles. The fourth-order valence-corrected chi connectivity index (χ4v) is 26.4. The molecule has 4 saturated heterocycles. The second kappa shape index (κ2) is 45.6. The number of aliphatic carboxylic acids is 1. The molecule has 0 bridgehead atoms. The summed E-state index contributed by atoms with van der Waals surface area (Å²) < 4.78 is 126. The van der Waals surface area contributed by atoms with Crippen molar-refractivity contribution >= 4 is 55.9 Å². The number of carboxylic acid groups (broad SMARTS) is 1. The molecule has 123 heavy (non-hydrogen) atoms. The van der Waals surface area contributed by atoms with Gasteiger partial charge in [-0.1, -0.05) is 192 Å². The topological polar surface area (TPSA) is 244 Å². The quantitative estimate of drug-likeness (QED) is 0.0292. The standard InChI is InChI=1S/C95H184O22Si6/c1-45-123(46-2,47-3)117-94(29)59-79(106-70(13)86(94)110-78-58-77(102-32)81(68(11)105-78)114-120(39,40)91(20,21)22)108-71(60-100-30)56-75-66(9)80(113-119(37,38)90(17,18)19)67(10)95(104-34,111-75)85(97)72(96)57-76(101-31)74(112-118(35,36)89(14,15)16)50-48-49-61(4)51-52-73(64(7)54-62(5)53-63(6)55-65(8)87(98)99)109-88-84(116-122(43,44)93(26,27)28)83(82(103-33)69(12)107-88)115-121(41,42)92(23,24)25/h49,51-55,64,66-86,88,96-97H,45-48,50,56-60H2,1-44H3,(H,98,99)/b52-51+,61-49-,62-54+,63-53+,65-55+/t64-,66+,67-,68-,69+,70+,71-,72+,73-,74+,75-,76+,77-,78+,79+,80+,81-,82+,83-,84+,85-,86+,88+,94+,95-/m1/s1. The van der Waals surface area contributed by atoms with Crippen molar-refractivity contribution in [3.05, 3.63) is 58.7 Å². The molecule has 0 aromatic rings. The largest absolute Gasteiger partial charge is 0.478 e. The summed E-state index contributed by atoms with van der Waals surface area (Å²) in [5, 5.41) is 35.5. The highest BCUT2D eigenvalue weighted by Crippen LogP contribution is 2.52. The fourth-order valence-electron chi connectivity index (χ4n) is 16.5. The molecule has 4 fully saturated rings. The maximum Gasteiger partial charge on any atom is 0.331 e. The van der Waals surface area contributed by atoms with Gasteiger partial charge in [-0.15, -0.1) is 0 Å². The van der Waals surface area contributed by atoms with Crippen LogP contribution in [0.3, 0.4) is 0 Å². The SMILES string of the molecule is CC[Si](CC)(CC)O[C@@]1(C)C[C@H](O[C@@H](COC)C[C@H]2O[C@@](OC)([C@H](O)[C@@H](O)C[C@H](OC)[C@H](CC/C=C(C)\C=C\[C@@H](O[C@@H]3O[C@@H](C)[C@H](OC)[C@@H](O[Si](C)(C)C(C)(C)C)[C@@H]3O[Si](C)(C)C(C)(C)C)[C@H](C)/C=C(C)/C=C(C)/C=C(\C)C(=O)O)O[Si](C)(C)C(C)(C)C)[C@H](C)[C@@H](O[Si](C)(C)C(C)(C)C)[C@H]2C)O[C@@H](C)[C@@H]1O[C@H]1C[C@@H](OC)[C@H](O[Si](C)(C)C(C)(C)C)[C@@H](C)O1. The Morgan fingerprint density at radius 1 is 0.585 bits per heavy atom. The van der Waals surface area contributed by atoms with Crippen molar-refractivity contribution in [2.75, 3.05) is 42.2 Å². The first kappa shape index (κ1) is 114. The second-order valence-electron chi connectivity index (χ2n) is 44.6. The van der Waals surface area contributed by atoms with E-state index in [2.05, 4.69) is 249 Å². The summed E-state index contributed by atoms with van der Waals surface area (Å²) in [5.41, 5.74) is 2.08. The molecular formula is C95H184O22Si6. The van der Waals surface area contributed by atoms with Crippen molar-refractivity contribution in [1.82, 2.24) is 0 Å². The molecule has 0 amide bonds. The van der Waals surface area contributed by atoms with E-state index in [9.17, 15) is 20.1 Å². The fraction of sp³-hybridized carbons (Fsp3) is 0.884. The van der Waals surface area contributed by atoms with Gasteiger partial charge in [0.2, 0.25) is 5.79 Å². The van der Waals surface area contributed by atoms with E-state index in [1.165, 1.54) is 0 Å². The van der Waals surface area contributed by atoms with Crippen LogP contribution in [0.5, 0.6) is 0 Å². The normalized spacial score (nSPS) is 31.1. The van der Waals surface area contributed by atoms with Crippen LogP contribution in [0.1, 0.15) is 239 Å². The monoisotopic (exact) mass is 1850 g/mol. The van der Waals surface area contributed by atoms with Crippen LogP contribution in [0.4, 0.5) is 0 Å². The third-order valence-corrected chi connectivity index (χ3v) is 57.0. The second-order valence-corrected chi connectivity index (χ2v) is 73.1. The van der Waals surface area contributed by atoms with Gasteiger partial charge in [-0.2, -0.15) is 0 Å². The van der Waals surface area contributed by atoms with Crippen LogP contribution in [0, 0.1) is 17.8 Å². The van der Waals surface area contributed by atoms with Crippen molar-refractivity contribution in [2.45, 2.75) is 482 Å². The van der Waals surface area contributed by atoms with Gasteiger partial charge in [0.1, 0.15) is 30.5 Å². The van der Waals surface area contributed by atoms with E-state index in [1.54, 1.807) is 48.5 Å². The summed E-state index contributed by atoms with van der Waals surface area (Å²) in [6.07, 6.45) is 1.50. The maximum absolute atomic E-state index is 13.4. The molecule has 25 atom stereocenters. The molecule has 4 aliphatic heterocycles. The Balaban J connectivity index is 1.82. The Hall–Kier alpha value is -1.33. The molecule has 0 unspecified atom stereocenters. The lowest BCUT2D eigenvalue weighted by Gasteiger charge is -2.56. The number of aliphatic hydroxyl groups is 2. The van der Waals surface area contributed by atoms with E-state index in [0.717, 1.165) is 34.9 Å². The highest BCUT2D eigenvalue weighted by atomic mass is 28.4. The Kier molecular flexibility index (Phi) is 42.3. The first-order valence-corrected chi connectivity index (χ1v) is 63.4. The smallest absolute Gasteiger partial charge is 0.331 e. The number of hydrogen-bond donors (Lipinski definition) is 3. The molecule has 22 nitrogen and oxygen atoms in total. The highest BCUT2D eigenvalue weighted by Gasteiger charge is 2.62. The van der Waals surface area contributed by atoms with E-state index < -0.39 is 178 Å². The first-order valence-electron chi connectivity index (χ1n) is 46.4. The molecule has 0 aromatic heterocycles. The number of aliphatic hydroxyl groups excluding tert-OH is 2. The maximum atomic E-state index is 13.4. The van der Waals surface area contributed by atoms with Crippen molar-refractivity contribution < 1.29 is 104 Å². The van der Waals surface area contributed by atoms with Gasteiger partial charge in [0, 0.05) is 84.6 Å². The lowest BCUT2D eigenvalue weighted by atomic mass is 9.76. The number of ether oxygens (including phenoxy) is 12. The van der Waals surface area contributed by atoms with E-state index in [4.69, 9.17) is 83.4 Å². The van der Waals surface area contributed by atoms with E-state index >= 15 is 0 Å². The number of allylic oxidation sites excluding steroid dienone is 7. The summed E-state index contributed by atoms with van der Waals surface area (Å²) in [6.45, 7) is 85.0. The molecule has 4 heterocycles. The number of carboxylic acids is 1. The summed E-state index contributed by atoms with van der Waals surface area (Å²) in [6, 6.07) is 2.76. The van der Waals surface area contributed by atoms with Crippen LogP contribution in [0.15, 0.2) is 58.7 Å². The Labute approximate surface area is 755 Å². The predicted molar refractivity (Wildman–Crippen MR) is 513 cm³/mol. The van der Waals surface area contributed by atoms with E-state index in [0.29, 0.717) is 25.7 Å². The van der Waals surface area contributed by atoms with Crippen LogP contribution in [-0.2, 0) is 88.2 Å². The van der Waals surface area contributed by atoms with E-state index in [-0.39, 0.29) is 80.4 Å². The Morgan fingerprint density at radius 3 is 1.55 bits per heavy atom. The number of methoxy groups -OCH3 is 5. The zero-order valence-corrected chi connectivity index (χ0v) is 91.9. The van der Waals surface area contributed by atoms with Gasteiger partial charge < -0.3 is 98.7 Å². The van der Waals surface area contributed by atoms with Crippen molar-refractivity contribution in [3.63, 3.8) is 0 Å². The third-order valence-electron chi connectivity index (χ3n) is 29.9. The Bertz CT molecular complexity index is 3390. The molecule has 4 aliphatic rings. The number of carbonyl (C=O) groups is 1. The summed E-state index contributed by atoms with van der Waals surface area (Å²) in [7, 11) is -6.39. The third kappa shape index (κ3) is 29.8. The molecule has 0 radical (unpaired) electrons. The van der Waals surface area contributed by atoms with Crippen molar-refractivity contribution in [2.24, 2.45) is 17.8 Å². The highest BCUT2D eigenvalue weighted by molar-refractivity contribution is 6.76. The van der Waals surface area contributed by atoms with Crippen LogP contribution in [-0.4, -0.2) is 247 Å². The van der Waals surface area contributed by atoms with Gasteiger partial charge in [-0.05, 0) is 183 Å². The minimum Gasteiger partial charge on any atom is -0.478 e. The molecular weight excluding hydrogens is 1660 g/mol. The van der Waals surface area contributed by atoms with Gasteiger partial charge >= 0.3 is 5.97 Å². The first-order chi connectivity index (χ1) is 56.0. The molecule has 4 rings (SSSR count). The molecule has 0 saturated carbocycles. The van der Waals surface area contributed by atoms with E-state index in [1.807, 2.05) is 40.7 Å². The molecule has 720 valence electrons. The average Bonchev–Trinajstić information content (AvgIpc) is 0.740. The van der Waals surface area contributed by atoms with Crippen LogP contribution >= 0.6 is 0 Å². The molecule has 28 heteroatoms. The van der Waals surface area contributed by atoms with Crippen molar-refractivity contribution in [1.29, 1.82) is 0 Å². The number of rotatable bonds is 44. The predicted octanol–water partition coefficient (Wildman–Crippen LogP) is 21.9. The Morgan fingerprint density at radius 2 is 1.08 bits per heavy atom. The minimum absolute atomic E-state index is 0.00672. The number of hydrogen-bond acceptors (Lipinski definition) is 21. The van der Waals surface area contributed by atoms with Crippen LogP contribution in [0.2, 0.25) is 109 Å². The molecule has 3 N–H and O–H groups in total. The minimum atomic E-state index is -2.58. The lowest BCUT2D eigenvalue weighted by Crippen LogP contribution is -2.68. The van der Waals surface area contributed by atoms with Gasteiger partial charge in [-0.25, -0.2) is 4.79 Å². The zero-order chi connectivity index (χ0) is 94.7. The van der Waals surface area contributed by atoms with Crippen molar-refractivity contribution in [3.8, 4) is 0 Å².